The molecule has 0 saturated carbocycles. The van der Waals surface area contributed by atoms with Crippen LogP contribution in [0.15, 0.2) is 18.2 Å². The number of fused-ring (bicyclic) bond motifs is 1. The second-order valence-corrected chi connectivity index (χ2v) is 5.33. The summed E-state index contributed by atoms with van der Waals surface area (Å²) in [5.74, 6) is 1.26. The van der Waals surface area contributed by atoms with E-state index in [-0.39, 0.29) is 0 Å². The molecule has 1 aromatic rings. The van der Waals surface area contributed by atoms with E-state index in [1.165, 1.54) is 37.1 Å². The van der Waals surface area contributed by atoms with Gasteiger partial charge < -0.3 is 5.11 Å². The third-order valence-corrected chi connectivity index (χ3v) is 4.07. The molecule has 1 aliphatic heterocycles. The molecule has 2 aliphatic rings. The summed E-state index contributed by atoms with van der Waals surface area (Å²) in [5, 5.41) is 9.48. The zero-order valence-electron chi connectivity index (χ0n) is 9.82. The van der Waals surface area contributed by atoms with Crippen molar-refractivity contribution in [2.75, 3.05) is 13.1 Å². The van der Waals surface area contributed by atoms with Gasteiger partial charge in [-0.1, -0.05) is 13.0 Å². The summed E-state index contributed by atoms with van der Waals surface area (Å²) in [6.07, 6.45) is 3.69. The lowest BCUT2D eigenvalue weighted by Crippen LogP contribution is -2.24. The fourth-order valence-electron chi connectivity index (χ4n) is 3.21. The molecule has 0 bridgehead atoms. The Bertz CT molecular complexity index is 402. The van der Waals surface area contributed by atoms with Gasteiger partial charge in [0, 0.05) is 12.6 Å². The van der Waals surface area contributed by atoms with Gasteiger partial charge in [0.25, 0.3) is 0 Å². The molecule has 1 heterocycles. The summed E-state index contributed by atoms with van der Waals surface area (Å²) in [6, 6.07) is 6.50. The molecule has 1 fully saturated rings. The Morgan fingerprint density at radius 2 is 2.19 bits per heavy atom. The van der Waals surface area contributed by atoms with Gasteiger partial charge >= 0.3 is 0 Å². The Morgan fingerprint density at radius 1 is 1.31 bits per heavy atom. The lowest BCUT2D eigenvalue weighted by atomic mass is 10.1. The average molecular weight is 217 g/mol. The van der Waals surface area contributed by atoms with E-state index < -0.39 is 0 Å². The predicted octanol–water partition coefficient (Wildman–Crippen LogP) is 2.72. The largest absolute Gasteiger partial charge is 0.508 e. The van der Waals surface area contributed by atoms with Gasteiger partial charge in [0.1, 0.15) is 5.75 Å². The van der Waals surface area contributed by atoms with Gasteiger partial charge in [0.15, 0.2) is 0 Å². The maximum absolute atomic E-state index is 9.48. The fraction of sp³-hybridized carbons (Fsp3) is 0.571. The predicted molar refractivity (Wildman–Crippen MR) is 64.5 cm³/mol. The first-order valence-electron chi connectivity index (χ1n) is 6.30. The average Bonchev–Trinajstić information content (AvgIpc) is 2.83. The molecule has 1 saturated heterocycles. The van der Waals surface area contributed by atoms with E-state index in [1.54, 1.807) is 0 Å². The molecule has 3 rings (SSSR count). The van der Waals surface area contributed by atoms with E-state index in [0.717, 1.165) is 12.3 Å². The molecule has 2 heteroatoms. The van der Waals surface area contributed by atoms with Crippen LogP contribution in [-0.4, -0.2) is 23.1 Å². The zero-order valence-corrected chi connectivity index (χ0v) is 9.82. The van der Waals surface area contributed by atoms with Crippen molar-refractivity contribution in [1.82, 2.24) is 4.90 Å². The van der Waals surface area contributed by atoms with Gasteiger partial charge in [-0.05, 0) is 55.0 Å². The van der Waals surface area contributed by atoms with Crippen molar-refractivity contribution < 1.29 is 5.11 Å². The van der Waals surface area contributed by atoms with Crippen molar-refractivity contribution in [1.29, 1.82) is 0 Å². The van der Waals surface area contributed by atoms with Gasteiger partial charge in [-0.25, -0.2) is 0 Å². The first-order chi connectivity index (χ1) is 7.74. The van der Waals surface area contributed by atoms with Crippen molar-refractivity contribution in [3.05, 3.63) is 29.3 Å². The van der Waals surface area contributed by atoms with Crippen molar-refractivity contribution in [2.45, 2.75) is 32.2 Å². The molecule has 0 aromatic heterocycles. The Morgan fingerprint density at radius 3 is 2.94 bits per heavy atom. The van der Waals surface area contributed by atoms with E-state index in [4.69, 9.17) is 0 Å². The van der Waals surface area contributed by atoms with E-state index >= 15 is 0 Å². The molecule has 1 aliphatic carbocycles. The van der Waals surface area contributed by atoms with E-state index in [9.17, 15) is 5.11 Å². The van der Waals surface area contributed by atoms with Crippen molar-refractivity contribution in [3.8, 4) is 5.75 Å². The number of aryl methyl sites for hydroxylation is 1. The number of phenols is 1. The SMILES string of the molecule is CC1CCN(C2CCc3cc(O)ccc32)C1. The first-order valence-corrected chi connectivity index (χ1v) is 6.30. The fourth-order valence-corrected chi connectivity index (χ4v) is 3.21. The Balaban J connectivity index is 1.86. The van der Waals surface area contributed by atoms with Gasteiger partial charge in [-0.2, -0.15) is 0 Å². The molecule has 2 unspecified atom stereocenters. The second kappa shape index (κ2) is 3.77. The van der Waals surface area contributed by atoms with Crippen LogP contribution >= 0.6 is 0 Å². The van der Waals surface area contributed by atoms with Crippen LogP contribution < -0.4 is 0 Å². The molecule has 1 aromatic carbocycles. The molecule has 0 amide bonds. The standard InChI is InChI=1S/C14H19NO/c1-10-6-7-15(9-10)14-5-2-11-8-12(16)3-4-13(11)14/h3-4,8,10,14,16H,2,5-7,9H2,1H3. The number of nitrogens with zero attached hydrogens (tertiary/aromatic N) is 1. The highest BCUT2D eigenvalue weighted by Crippen LogP contribution is 2.39. The van der Waals surface area contributed by atoms with Crippen LogP contribution in [0.25, 0.3) is 0 Å². The summed E-state index contributed by atoms with van der Waals surface area (Å²) in [5.41, 5.74) is 2.80. The zero-order chi connectivity index (χ0) is 11.1. The Hall–Kier alpha value is -1.02. The molecule has 0 radical (unpaired) electrons. The molecular weight excluding hydrogens is 198 g/mol. The normalized spacial score (nSPS) is 29.6. The van der Waals surface area contributed by atoms with Crippen LogP contribution in [0.5, 0.6) is 5.75 Å². The summed E-state index contributed by atoms with van der Waals surface area (Å²) in [4.78, 5) is 2.62. The molecule has 1 N–H and O–H groups in total. The lowest BCUT2D eigenvalue weighted by molar-refractivity contribution is 0.238. The van der Waals surface area contributed by atoms with Crippen LogP contribution in [0.1, 0.15) is 36.9 Å². The second-order valence-electron chi connectivity index (χ2n) is 5.33. The molecule has 86 valence electrons. The maximum atomic E-state index is 9.48. The van der Waals surface area contributed by atoms with E-state index in [2.05, 4.69) is 17.9 Å². The van der Waals surface area contributed by atoms with E-state index in [1.807, 2.05) is 12.1 Å². The minimum Gasteiger partial charge on any atom is -0.508 e. The van der Waals surface area contributed by atoms with Gasteiger partial charge in [0.05, 0.1) is 0 Å². The highest BCUT2D eigenvalue weighted by Gasteiger charge is 2.31. The van der Waals surface area contributed by atoms with Crippen LogP contribution in [0.4, 0.5) is 0 Å². The minimum absolute atomic E-state index is 0.411. The number of rotatable bonds is 1. The number of likely N-dealkylation sites (tertiary alicyclic amines) is 1. The monoisotopic (exact) mass is 217 g/mol. The molecule has 16 heavy (non-hydrogen) atoms. The third-order valence-electron chi connectivity index (χ3n) is 4.07. The summed E-state index contributed by atoms with van der Waals surface area (Å²) >= 11 is 0. The molecule has 2 atom stereocenters. The highest BCUT2D eigenvalue weighted by atomic mass is 16.3. The lowest BCUT2D eigenvalue weighted by Gasteiger charge is -2.24. The molecule has 0 spiro atoms. The smallest absolute Gasteiger partial charge is 0.115 e. The number of benzene rings is 1. The van der Waals surface area contributed by atoms with Crippen LogP contribution in [0, 0.1) is 5.92 Å². The van der Waals surface area contributed by atoms with Gasteiger partial charge in [-0.15, -0.1) is 0 Å². The third kappa shape index (κ3) is 1.61. The number of hydrogen-bond acceptors (Lipinski definition) is 2. The number of hydrogen-bond donors (Lipinski definition) is 1. The topological polar surface area (TPSA) is 23.5 Å². The summed E-state index contributed by atoms with van der Waals surface area (Å²) in [6.45, 7) is 4.82. The summed E-state index contributed by atoms with van der Waals surface area (Å²) in [7, 11) is 0. The minimum atomic E-state index is 0.411. The molecule has 2 nitrogen and oxygen atoms in total. The van der Waals surface area contributed by atoms with Crippen LogP contribution in [-0.2, 0) is 6.42 Å². The quantitative estimate of drug-likeness (QED) is 0.782. The number of phenolic OH excluding ortho intramolecular Hbond substituents is 1. The van der Waals surface area contributed by atoms with Gasteiger partial charge in [-0.3, -0.25) is 4.90 Å². The first kappa shape index (κ1) is 10.2. The van der Waals surface area contributed by atoms with Crippen LogP contribution in [0.2, 0.25) is 0 Å². The van der Waals surface area contributed by atoms with Crippen molar-refractivity contribution in [3.63, 3.8) is 0 Å². The highest BCUT2D eigenvalue weighted by molar-refractivity contribution is 5.40. The van der Waals surface area contributed by atoms with Gasteiger partial charge in [0.2, 0.25) is 0 Å². The molecular formula is C14H19NO. The maximum Gasteiger partial charge on any atom is 0.115 e. The van der Waals surface area contributed by atoms with Crippen LogP contribution in [0.3, 0.4) is 0 Å². The Labute approximate surface area is 96.9 Å². The van der Waals surface area contributed by atoms with Crippen molar-refractivity contribution >= 4 is 0 Å². The van der Waals surface area contributed by atoms with E-state index in [0.29, 0.717) is 11.8 Å². The summed E-state index contributed by atoms with van der Waals surface area (Å²) < 4.78 is 0. The Kier molecular flexibility index (Phi) is 2.40. The van der Waals surface area contributed by atoms with Crippen molar-refractivity contribution in [2.24, 2.45) is 5.92 Å². The number of aromatic hydroxyl groups is 1.